The average molecular weight is 196 g/mol. The van der Waals surface area contributed by atoms with Crippen LogP contribution in [-0.2, 0) is 4.79 Å². The van der Waals surface area contributed by atoms with Crippen molar-refractivity contribution in [3.05, 3.63) is 12.2 Å². The molecule has 0 spiro atoms. The summed E-state index contributed by atoms with van der Waals surface area (Å²) in [5, 5.41) is 8.50. The monoisotopic (exact) mass is 196 g/mol. The van der Waals surface area contributed by atoms with Crippen molar-refractivity contribution in [2.45, 2.75) is 32.5 Å². The van der Waals surface area contributed by atoms with Gasteiger partial charge in [-0.05, 0) is 6.42 Å². The van der Waals surface area contributed by atoms with Crippen LogP contribution in [0.4, 0.5) is 0 Å². The van der Waals surface area contributed by atoms with Gasteiger partial charge in [-0.25, -0.2) is 4.79 Å². The van der Waals surface area contributed by atoms with Crippen LogP contribution < -0.4 is 0 Å². The van der Waals surface area contributed by atoms with Gasteiger partial charge in [0.1, 0.15) is 8.07 Å². The molecule has 0 rings (SSSR count). The third-order valence-electron chi connectivity index (χ3n) is 1.32. The van der Waals surface area contributed by atoms with Crippen molar-refractivity contribution in [3.63, 3.8) is 0 Å². The molecule has 1 N–H and O–H groups in total. The number of carboxylic acid groups (broad SMARTS) is 1. The largest absolute Gasteiger partial charge is 0.478 e. The normalized spacial score (nSPS) is 10.1. The summed E-state index contributed by atoms with van der Waals surface area (Å²) in [6, 6.07) is 0. The predicted molar refractivity (Wildman–Crippen MR) is 57.1 cm³/mol. The summed E-state index contributed by atoms with van der Waals surface area (Å²) in [7, 11) is -1.29. The van der Waals surface area contributed by atoms with Crippen molar-refractivity contribution in [3.8, 4) is 11.5 Å². The molecule has 0 aromatic carbocycles. The van der Waals surface area contributed by atoms with Gasteiger partial charge in [0.15, 0.2) is 0 Å². The molecule has 3 heteroatoms. The van der Waals surface area contributed by atoms with E-state index in [4.69, 9.17) is 5.11 Å². The minimum Gasteiger partial charge on any atom is -0.478 e. The number of hydrogen-bond acceptors (Lipinski definition) is 1. The minimum atomic E-state index is -1.29. The molecule has 0 saturated carbocycles. The van der Waals surface area contributed by atoms with E-state index in [2.05, 4.69) is 37.7 Å². The van der Waals surface area contributed by atoms with E-state index in [0.29, 0.717) is 12.8 Å². The van der Waals surface area contributed by atoms with Crippen LogP contribution in [0.5, 0.6) is 0 Å². The lowest BCUT2D eigenvalue weighted by Gasteiger charge is -2.03. The van der Waals surface area contributed by atoms with Crippen molar-refractivity contribution in [1.29, 1.82) is 0 Å². The van der Waals surface area contributed by atoms with Crippen LogP contribution in [0, 0.1) is 11.5 Å². The van der Waals surface area contributed by atoms with E-state index in [0.717, 1.165) is 0 Å². The van der Waals surface area contributed by atoms with Gasteiger partial charge in [0, 0.05) is 12.0 Å². The first kappa shape index (κ1) is 12.0. The van der Waals surface area contributed by atoms with Gasteiger partial charge in [-0.2, -0.15) is 0 Å². The van der Waals surface area contributed by atoms with Crippen molar-refractivity contribution in [2.75, 3.05) is 0 Å². The topological polar surface area (TPSA) is 37.3 Å². The van der Waals surface area contributed by atoms with E-state index in [1.165, 1.54) is 0 Å². The van der Waals surface area contributed by atoms with Gasteiger partial charge in [0.2, 0.25) is 0 Å². The quantitative estimate of drug-likeness (QED) is 0.427. The smallest absolute Gasteiger partial charge is 0.330 e. The van der Waals surface area contributed by atoms with Crippen LogP contribution in [0.3, 0.4) is 0 Å². The van der Waals surface area contributed by atoms with E-state index in [1.807, 2.05) is 0 Å². The molecule has 0 amide bonds. The molecule has 0 aliphatic heterocycles. The first-order valence-electron chi connectivity index (χ1n) is 4.24. The van der Waals surface area contributed by atoms with Crippen LogP contribution >= 0.6 is 0 Å². The van der Waals surface area contributed by atoms with Crippen molar-refractivity contribution in [2.24, 2.45) is 0 Å². The molecule has 2 nitrogen and oxygen atoms in total. The zero-order valence-electron chi connectivity index (χ0n) is 8.48. The highest BCUT2D eigenvalue weighted by Gasteiger charge is 2.07. The summed E-state index contributed by atoms with van der Waals surface area (Å²) in [4.78, 5) is 10.4. The fraction of sp³-hybridized carbons (Fsp3) is 0.500. The van der Waals surface area contributed by atoms with E-state index in [9.17, 15) is 4.79 Å². The fourth-order valence-corrected chi connectivity index (χ4v) is 1.30. The zero-order chi connectivity index (χ0) is 10.5. The van der Waals surface area contributed by atoms with Gasteiger partial charge in [0.25, 0.3) is 0 Å². The molecule has 0 aromatic heterocycles. The number of carbonyl (C=O) groups is 1. The molecule has 0 aromatic rings. The van der Waals surface area contributed by atoms with Crippen LogP contribution in [-0.4, -0.2) is 19.1 Å². The van der Waals surface area contributed by atoms with Crippen LogP contribution in [0.2, 0.25) is 19.6 Å². The molecular weight excluding hydrogens is 180 g/mol. The average Bonchev–Trinajstić information content (AvgIpc) is 1.95. The number of carboxylic acids is 1. The molecule has 0 fully saturated rings. The second-order valence-corrected chi connectivity index (χ2v) is 8.71. The summed E-state index contributed by atoms with van der Waals surface area (Å²) < 4.78 is 0. The molecule has 0 aliphatic rings. The Bertz CT molecular complexity index is 263. The molecule has 0 radical (unpaired) electrons. The number of hydrogen-bond donors (Lipinski definition) is 1. The van der Waals surface area contributed by atoms with Crippen LogP contribution in [0.1, 0.15) is 12.8 Å². The lowest BCUT2D eigenvalue weighted by molar-refractivity contribution is -0.132. The molecule has 0 bridgehead atoms. The maximum absolute atomic E-state index is 10.4. The Balaban J connectivity index is 3.85. The van der Waals surface area contributed by atoms with E-state index in [1.54, 1.807) is 0 Å². The number of rotatable bonds is 3. The summed E-state index contributed by atoms with van der Waals surface area (Å²) in [6.07, 6.45) is 1.07. The highest BCUT2D eigenvalue weighted by molar-refractivity contribution is 6.83. The predicted octanol–water partition coefficient (Wildman–Crippen LogP) is 2.29. The SMILES string of the molecule is C=C(CCC#C[Si](C)(C)C)C(=O)O. The lowest BCUT2D eigenvalue weighted by atomic mass is 10.2. The first-order valence-corrected chi connectivity index (χ1v) is 7.74. The number of aliphatic carboxylic acids is 1. The third-order valence-corrected chi connectivity index (χ3v) is 2.24. The minimum absolute atomic E-state index is 0.241. The molecule has 0 saturated heterocycles. The second kappa shape index (κ2) is 4.88. The van der Waals surface area contributed by atoms with Gasteiger partial charge in [-0.15, -0.1) is 11.5 Å². The standard InChI is InChI=1S/C10H16O2Si/c1-9(10(11)12)7-5-6-8-13(2,3)4/h1,5,7H2,2-4H3,(H,11,12). The van der Waals surface area contributed by atoms with Crippen LogP contribution in [0.25, 0.3) is 0 Å². The van der Waals surface area contributed by atoms with E-state index < -0.39 is 14.0 Å². The Morgan fingerprint density at radius 3 is 2.38 bits per heavy atom. The fourth-order valence-electron chi connectivity index (χ4n) is 0.648. The third kappa shape index (κ3) is 7.35. The second-order valence-electron chi connectivity index (χ2n) is 3.96. The molecule has 0 aliphatic carbocycles. The highest BCUT2D eigenvalue weighted by Crippen LogP contribution is 2.02. The van der Waals surface area contributed by atoms with Crippen molar-refractivity contribution < 1.29 is 9.90 Å². The van der Waals surface area contributed by atoms with Crippen molar-refractivity contribution >= 4 is 14.0 Å². The molecule has 0 heterocycles. The van der Waals surface area contributed by atoms with Gasteiger partial charge in [-0.3, -0.25) is 0 Å². The maximum atomic E-state index is 10.4. The molecular formula is C10H16O2Si. The summed E-state index contributed by atoms with van der Waals surface area (Å²) in [5.41, 5.74) is 3.41. The van der Waals surface area contributed by atoms with Crippen LogP contribution in [0.15, 0.2) is 12.2 Å². The van der Waals surface area contributed by atoms with E-state index >= 15 is 0 Å². The van der Waals surface area contributed by atoms with Gasteiger partial charge >= 0.3 is 5.97 Å². The van der Waals surface area contributed by atoms with E-state index in [-0.39, 0.29) is 5.57 Å². The Hall–Kier alpha value is -1.01. The molecule has 0 atom stereocenters. The summed E-state index contributed by atoms with van der Waals surface area (Å²) >= 11 is 0. The highest BCUT2D eigenvalue weighted by atomic mass is 28.3. The zero-order valence-corrected chi connectivity index (χ0v) is 9.48. The lowest BCUT2D eigenvalue weighted by Crippen LogP contribution is -2.16. The Morgan fingerprint density at radius 1 is 1.46 bits per heavy atom. The summed E-state index contributed by atoms with van der Waals surface area (Å²) in [5.74, 6) is 2.08. The Morgan fingerprint density at radius 2 is 2.00 bits per heavy atom. The molecule has 13 heavy (non-hydrogen) atoms. The molecule has 0 unspecified atom stereocenters. The first-order chi connectivity index (χ1) is 5.83. The molecule has 72 valence electrons. The van der Waals surface area contributed by atoms with Gasteiger partial charge in [0.05, 0.1) is 0 Å². The van der Waals surface area contributed by atoms with Gasteiger partial charge in [-0.1, -0.05) is 26.2 Å². The Labute approximate surface area is 80.7 Å². The summed E-state index contributed by atoms with van der Waals surface area (Å²) in [6.45, 7) is 9.91. The maximum Gasteiger partial charge on any atom is 0.330 e. The van der Waals surface area contributed by atoms with Gasteiger partial charge < -0.3 is 5.11 Å². The van der Waals surface area contributed by atoms with Crippen molar-refractivity contribution in [1.82, 2.24) is 0 Å². The Kier molecular flexibility index (Phi) is 4.50.